The molecule has 1 atom stereocenters. The number of primary amides is 1. The minimum absolute atomic E-state index is 0.0153. The maximum atomic E-state index is 12.3. The Balaban J connectivity index is 0.000000272. The van der Waals surface area contributed by atoms with Crippen molar-refractivity contribution in [3.8, 4) is 0 Å². The summed E-state index contributed by atoms with van der Waals surface area (Å²) in [5, 5.41) is 9.27. The normalized spacial score (nSPS) is 17.6. The smallest absolute Gasteiger partial charge is 0.411 e. The number of rotatable bonds is 8. The molecule has 0 bridgehead atoms. The maximum absolute atomic E-state index is 12.3. The Labute approximate surface area is 233 Å². The number of benzene rings is 1. The van der Waals surface area contributed by atoms with E-state index in [9.17, 15) is 19.5 Å². The predicted molar refractivity (Wildman–Crippen MR) is 152 cm³/mol. The van der Waals surface area contributed by atoms with E-state index in [1.807, 2.05) is 30.3 Å². The lowest BCUT2D eigenvalue weighted by atomic mass is 9.93. The van der Waals surface area contributed by atoms with Crippen LogP contribution in [0.25, 0.3) is 0 Å². The Morgan fingerprint density at radius 1 is 1.08 bits per heavy atom. The molecule has 2 aliphatic heterocycles. The Bertz CT molecular complexity index is 866. The summed E-state index contributed by atoms with van der Waals surface area (Å²) in [6.07, 6.45) is 7.07. The van der Waals surface area contributed by atoms with E-state index >= 15 is 0 Å². The Kier molecular flexibility index (Phi) is 13.2. The van der Waals surface area contributed by atoms with Gasteiger partial charge in [-0.25, -0.2) is 14.4 Å². The van der Waals surface area contributed by atoms with Crippen LogP contribution in [0.2, 0.25) is 0 Å². The first-order valence-corrected chi connectivity index (χ1v) is 14.3. The van der Waals surface area contributed by atoms with E-state index in [0.29, 0.717) is 0 Å². The Hall–Kier alpha value is -2.46. The molecule has 3 amide bonds. The molecule has 214 valence electrons. The van der Waals surface area contributed by atoms with Crippen molar-refractivity contribution >= 4 is 30.7 Å². The van der Waals surface area contributed by atoms with E-state index in [0.717, 1.165) is 37.4 Å². The number of urea groups is 1. The first-order valence-electron chi connectivity index (χ1n) is 13.6. The monoisotopic (exact) mass is 550 g/mol. The quantitative estimate of drug-likeness (QED) is 0.412. The van der Waals surface area contributed by atoms with Crippen molar-refractivity contribution in [2.75, 3.05) is 38.5 Å². The lowest BCUT2D eigenvalue weighted by Crippen LogP contribution is -2.47. The maximum Gasteiger partial charge on any atom is 0.411 e. The van der Waals surface area contributed by atoms with Gasteiger partial charge in [0.25, 0.3) is 0 Å². The van der Waals surface area contributed by atoms with Crippen LogP contribution in [0.5, 0.6) is 0 Å². The van der Waals surface area contributed by atoms with Gasteiger partial charge in [0.1, 0.15) is 11.6 Å². The van der Waals surface area contributed by atoms with Crippen LogP contribution in [0.15, 0.2) is 30.3 Å². The molecular formula is C28H46N4O5S. The van der Waals surface area contributed by atoms with Crippen LogP contribution in [-0.4, -0.2) is 88.0 Å². The van der Waals surface area contributed by atoms with Gasteiger partial charge in [-0.1, -0.05) is 36.8 Å². The number of hydrogen-bond acceptors (Lipinski definition) is 6. The third-order valence-electron chi connectivity index (χ3n) is 6.89. The minimum atomic E-state index is -1.10. The van der Waals surface area contributed by atoms with Crippen molar-refractivity contribution in [1.29, 1.82) is 0 Å². The molecule has 3 N–H and O–H groups in total. The van der Waals surface area contributed by atoms with Crippen LogP contribution >= 0.6 is 12.6 Å². The number of carbonyl (C=O) groups is 3. The summed E-state index contributed by atoms with van der Waals surface area (Å²) >= 11 is 4.04. The van der Waals surface area contributed by atoms with Crippen LogP contribution in [-0.2, 0) is 16.1 Å². The van der Waals surface area contributed by atoms with Crippen molar-refractivity contribution in [2.24, 2.45) is 11.7 Å². The van der Waals surface area contributed by atoms with Gasteiger partial charge in [0.15, 0.2) is 0 Å². The van der Waals surface area contributed by atoms with Gasteiger partial charge in [0, 0.05) is 25.4 Å². The van der Waals surface area contributed by atoms with Gasteiger partial charge in [-0.05, 0) is 84.0 Å². The first kappa shape index (κ1) is 31.8. The Morgan fingerprint density at radius 2 is 1.68 bits per heavy atom. The highest BCUT2D eigenvalue weighted by atomic mass is 32.1. The van der Waals surface area contributed by atoms with Crippen molar-refractivity contribution in [3.63, 3.8) is 0 Å². The molecule has 2 saturated heterocycles. The zero-order valence-corrected chi connectivity index (χ0v) is 24.1. The van der Waals surface area contributed by atoms with Gasteiger partial charge in [-0.2, -0.15) is 12.6 Å². The molecule has 38 heavy (non-hydrogen) atoms. The topological polar surface area (TPSA) is 116 Å². The second-order valence-corrected chi connectivity index (χ2v) is 11.5. The molecule has 0 unspecified atom stereocenters. The van der Waals surface area contributed by atoms with E-state index in [-0.39, 0.29) is 18.3 Å². The summed E-state index contributed by atoms with van der Waals surface area (Å²) in [5.74, 6) is -0.291. The summed E-state index contributed by atoms with van der Waals surface area (Å²) in [5.41, 5.74) is 5.42. The Morgan fingerprint density at radius 3 is 2.18 bits per heavy atom. The van der Waals surface area contributed by atoms with Gasteiger partial charge in [-0.3, -0.25) is 4.90 Å². The largest absolute Gasteiger partial charge is 0.480 e. The zero-order valence-electron chi connectivity index (χ0n) is 23.2. The second-order valence-electron chi connectivity index (χ2n) is 11.1. The number of nitrogens with zero attached hydrogens (tertiary/aromatic N) is 3. The van der Waals surface area contributed by atoms with Crippen molar-refractivity contribution in [3.05, 3.63) is 35.9 Å². The van der Waals surface area contributed by atoms with Crippen LogP contribution in [0.3, 0.4) is 0 Å². The highest BCUT2D eigenvalue weighted by Crippen LogP contribution is 2.21. The number of nitrogens with two attached hydrogens (primary N) is 1. The number of thiol groups is 1. The molecule has 0 aromatic heterocycles. The molecule has 0 saturated carbocycles. The van der Waals surface area contributed by atoms with Crippen LogP contribution in [0.4, 0.5) is 9.59 Å². The number of amides is 3. The number of carboxylic acids is 1. The first-order chi connectivity index (χ1) is 18.0. The van der Waals surface area contributed by atoms with Crippen LogP contribution in [0.1, 0.15) is 64.9 Å². The molecule has 0 radical (unpaired) electrons. The molecule has 2 aliphatic rings. The van der Waals surface area contributed by atoms with E-state index in [1.54, 1.807) is 25.7 Å². The second kappa shape index (κ2) is 15.8. The molecule has 0 spiro atoms. The zero-order chi connectivity index (χ0) is 28.1. The third kappa shape index (κ3) is 11.5. The number of piperidine rings is 2. The molecule has 1 aromatic rings. The predicted octanol–water partition coefficient (Wildman–Crippen LogP) is 4.46. The summed E-state index contributed by atoms with van der Waals surface area (Å²) in [6, 6.07) is 7.89. The number of carbonyl (C=O) groups excluding carboxylic acids is 2. The number of hydrogen-bond donors (Lipinski definition) is 3. The van der Waals surface area contributed by atoms with Gasteiger partial charge in [0.05, 0.1) is 0 Å². The number of ether oxygens (including phenoxy) is 1. The molecular weight excluding hydrogens is 504 g/mol. The van der Waals surface area contributed by atoms with E-state index in [1.165, 1.54) is 50.2 Å². The number of carboxylic acid groups (broad SMARTS) is 1. The van der Waals surface area contributed by atoms with E-state index in [4.69, 9.17) is 10.5 Å². The molecule has 3 rings (SSSR count). The summed E-state index contributed by atoms with van der Waals surface area (Å²) < 4.78 is 5.29. The number of likely N-dealkylation sites (tertiary alicyclic amines) is 2. The highest BCUT2D eigenvalue weighted by Gasteiger charge is 2.32. The molecule has 1 aromatic carbocycles. The number of aliphatic carboxylic acids is 1. The lowest BCUT2D eigenvalue weighted by molar-refractivity contribution is -0.142. The molecule has 2 heterocycles. The summed E-state index contributed by atoms with van der Waals surface area (Å²) in [6.45, 7) is 10.9. The van der Waals surface area contributed by atoms with Crippen molar-refractivity contribution in [2.45, 2.75) is 77.5 Å². The fourth-order valence-corrected chi connectivity index (χ4v) is 5.06. The van der Waals surface area contributed by atoms with Gasteiger partial charge in [-0.15, -0.1) is 0 Å². The fourth-order valence-electron chi connectivity index (χ4n) is 4.70. The standard InChI is InChI=1S/C15H21NO4S.C13H25N3O/c1-15(2,3)20-14(19)16(12(10-21)13(17)18)9-11-7-5-4-6-8-11;14-13(17)16-10-5-12(6-11-16)4-9-15-7-2-1-3-8-15/h4-8,12,21H,9-10H2,1-3H3,(H,17,18);12H,1-11H2,(H2,14,17)/t12-;/m1./s1. The lowest BCUT2D eigenvalue weighted by Gasteiger charge is -2.33. The van der Waals surface area contributed by atoms with Crippen LogP contribution < -0.4 is 5.73 Å². The third-order valence-corrected chi connectivity index (χ3v) is 7.23. The van der Waals surface area contributed by atoms with E-state index < -0.39 is 23.7 Å². The van der Waals surface area contributed by atoms with Crippen molar-refractivity contribution in [1.82, 2.24) is 14.7 Å². The SMILES string of the molecule is CC(C)(C)OC(=O)N(Cc1ccccc1)[C@H](CS)C(=O)O.NC(=O)N1CCC(CCN2CCCCC2)CC1. The molecule has 0 aliphatic carbocycles. The van der Waals surface area contributed by atoms with Gasteiger partial charge < -0.3 is 25.4 Å². The summed E-state index contributed by atoms with van der Waals surface area (Å²) in [7, 11) is 0. The van der Waals surface area contributed by atoms with Gasteiger partial charge in [0.2, 0.25) is 0 Å². The molecule has 2 fully saturated rings. The van der Waals surface area contributed by atoms with Crippen molar-refractivity contribution < 1.29 is 24.2 Å². The van der Waals surface area contributed by atoms with Gasteiger partial charge >= 0.3 is 18.1 Å². The van der Waals surface area contributed by atoms with Crippen LogP contribution in [0, 0.1) is 5.92 Å². The highest BCUT2D eigenvalue weighted by molar-refractivity contribution is 7.80. The van der Waals surface area contributed by atoms with E-state index in [2.05, 4.69) is 17.5 Å². The minimum Gasteiger partial charge on any atom is -0.480 e. The molecule has 10 heteroatoms. The molecule has 9 nitrogen and oxygen atoms in total. The summed E-state index contributed by atoms with van der Waals surface area (Å²) in [4.78, 5) is 40.2. The average molecular weight is 551 g/mol. The average Bonchev–Trinajstić information content (AvgIpc) is 2.88. The fraction of sp³-hybridized carbons (Fsp3) is 0.679.